The van der Waals surface area contributed by atoms with Crippen molar-refractivity contribution in [1.82, 2.24) is 14.8 Å². The second-order valence-corrected chi connectivity index (χ2v) is 7.29. The van der Waals surface area contributed by atoms with E-state index in [1.165, 1.54) is 0 Å². The molecule has 1 aromatic heterocycles. The second-order valence-electron chi connectivity index (χ2n) is 6.12. The van der Waals surface area contributed by atoms with Crippen LogP contribution in [0.5, 0.6) is 0 Å². The van der Waals surface area contributed by atoms with Gasteiger partial charge in [0.25, 0.3) is 0 Å². The zero-order chi connectivity index (χ0) is 14.3. The van der Waals surface area contributed by atoms with E-state index in [-0.39, 0.29) is 11.2 Å². The largest absolute Gasteiger partial charge is 0.368 e. The van der Waals surface area contributed by atoms with Gasteiger partial charge < -0.3 is 15.0 Å². The van der Waals surface area contributed by atoms with Crippen LogP contribution in [0.1, 0.15) is 46.9 Å². The molecule has 1 atom stereocenters. The zero-order valence-corrected chi connectivity index (χ0v) is 13.3. The van der Waals surface area contributed by atoms with Crippen LogP contribution >= 0.6 is 11.8 Å². The topological polar surface area (TPSA) is 66.0 Å². The highest BCUT2D eigenvalue weighted by atomic mass is 32.2. The molecule has 1 aromatic rings. The SMILES string of the molecule is CCn1c(CN)nnc1SC1CC(C)(C)OC1(C)C. The Labute approximate surface area is 119 Å². The van der Waals surface area contributed by atoms with E-state index >= 15 is 0 Å². The second kappa shape index (κ2) is 5.07. The molecule has 0 saturated carbocycles. The van der Waals surface area contributed by atoms with Crippen LogP contribution in [-0.4, -0.2) is 31.2 Å². The molecule has 0 aromatic carbocycles. The molecule has 0 amide bonds. The standard InChI is InChI=1S/C13H24N4OS/c1-6-17-10(8-14)15-16-11(17)19-9-7-12(2,3)18-13(9,4)5/h9H,6-8,14H2,1-5H3. The van der Waals surface area contributed by atoms with Crippen molar-refractivity contribution >= 4 is 11.8 Å². The summed E-state index contributed by atoms with van der Waals surface area (Å²) in [7, 11) is 0. The third kappa shape index (κ3) is 2.95. The molecule has 108 valence electrons. The number of hydrogen-bond acceptors (Lipinski definition) is 5. The monoisotopic (exact) mass is 284 g/mol. The molecule has 5 nitrogen and oxygen atoms in total. The molecule has 0 spiro atoms. The molecule has 1 aliphatic heterocycles. The van der Waals surface area contributed by atoms with Gasteiger partial charge in [0.2, 0.25) is 0 Å². The molecule has 0 radical (unpaired) electrons. The summed E-state index contributed by atoms with van der Waals surface area (Å²) in [4.78, 5) is 0. The predicted molar refractivity (Wildman–Crippen MR) is 77.1 cm³/mol. The van der Waals surface area contributed by atoms with Crippen LogP contribution in [0.2, 0.25) is 0 Å². The average molecular weight is 284 g/mol. The summed E-state index contributed by atoms with van der Waals surface area (Å²) in [5.41, 5.74) is 5.46. The first-order valence-corrected chi connectivity index (χ1v) is 7.66. The van der Waals surface area contributed by atoms with Crippen LogP contribution in [0, 0.1) is 0 Å². The Morgan fingerprint density at radius 2 is 2.05 bits per heavy atom. The molecule has 0 aliphatic carbocycles. The molecule has 1 aliphatic rings. The molecular formula is C13H24N4OS. The Morgan fingerprint density at radius 3 is 2.53 bits per heavy atom. The lowest BCUT2D eigenvalue weighted by molar-refractivity contribution is -0.0631. The van der Waals surface area contributed by atoms with Gasteiger partial charge >= 0.3 is 0 Å². The van der Waals surface area contributed by atoms with Gasteiger partial charge in [-0.2, -0.15) is 0 Å². The number of rotatable bonds is 4. The van der Waals surface area contributed by atoms with Crippen molar-refractivity contribution in [3.05, 3.63) is 5.82 Å². The summed E-state index contributed by atoms with van der Waals surface area (Å²) in [5.74, 6) is 0.848. The molecule has 0 bridgehead atoms. The fourth-order valence-corrected chi connectivity index (χ4v) is 4.22. The number of nitrogens with zero attached hydrogens (tertiary/aromatic N) is 3. The van der Waals surface area contributed by atoms with Gasteiger partial charge in [0.15, 0.2) is 5.16 Å². The molecule has 1 fully saturated rings. The van der Waals surface area contributed by atoms with Crippen LogP contribution in [0.25, 0.3) is 0 Å². The molecule has 1 unspecified atom stereocenters. The summed E-state index contributed by atoms with van der Waals surface area (Å²) >= 11 is 1.76. The van der Waals surface area contributed by atoms with E-state index in [4.69, 9.17) is 10.5 Å². The minimum absolute atomic E-state index is 0.0745. The number of thioether (sulfide) groups is 1. The van der Waals surface area contributed by atoms with E-state index in [1.807, 2.05) is 0 Å². The smallest absolute Gasteiger partial charge is 0.191 e. The van der Waals surface area contributed by atoms with Gasteiger partial charge in [0.05, 0.1) is 17.7 Å². The van der Waals surface area contributed by atoms with Crippen LogP contribution in [0.15, 0.2) is 5.16 Å². The lowest BCUT2D eigenvalue weighted by Crippen LogP contribution is -2.31. The van der Waals surface area contributed by atoms with Gasteiger partial charge in [-0.05, 0) is 41.0 Å². The van der Waals surface area contributed by atoms with E-state index < -0.39 is 0 Å². The molecule has 6 heteroatoms. The van der Waals surface area contributed by atoms with Crippen LogP contribution < -0.4 is 5.73 Å². The molecule has 2 N–H and O–H groups in total. The maximum Gasteiger partial charge on any atom is 0.191 e. The Balaban J connectivity index is 2.20. The van der Waals surface area contributed by atoms with Crippen molar-refractivity contribution in [3.8, 4) is 0 Å². The Kier molecular flexibility index (Phi) is 3.95. The van der Waals surface area contributed by atoms with Crippen molar-refractivity contribution in [2.45, 2.75) is 75.7 Å². The van der Waals surface area contributed by atoms with Crippen molar-refractivity contribution in [1.29, 1.82) is 0 Å². The van der Waals surface area contributed by atoms with Crippen LogP contribution in [0.4, 0.5) is 0 Å². The number of hydrogen-bond donors (Lipinski definition) is 1. The van der Waals surface area contributed by atoms with Gasteiger partial charge in [-0.15, -0.1) is 10.2 Å². The van der Waals surface area contributed by atoms with Crippen molar-refractivity contribution in [2.24, 2.45) is 5.73 Å². The van der Waals surface area contributed by atoms with Gasteiger partial charge in [-0.25, -0.2) is 0 Å². The molecule has 19 heavy (non-hydrogen) atoms. The van der Waals surface area contributed by atoms with Crippen molar-refractivity contribution in [3.63, 3.8) is 0 Å². The average Bonchev–Trinajstić information content (AvgIpc) is 2.76. The molecule has 2 heterocycles. The number of nitrogens with two attached hydrogens (primary N) is 1. The summed E-state index contributed by atoms with van der Waals surface area (Å²) in [6.45, 7) is 12.0. The van der Waals surface area contributed by atoms with Gasteiger partial charge in [-0.3, -0.25) is 0 Å². The zero-order valence-electron chi connectivity index (χ0n) is 12.4. The Hall–Kier alpha value is -0.590. The molecular weight excluding hydrogens is 260 g/mol. The first kappa shape index (κ1) is 14.8. The lowest BCUT2D eigenvalue weighted by atomic mass is 10.0. The van der Waals surface area contributed by atoms with Gasteiger partial charge in [0, 0.05) is 11.8 Å². The van der Waals surface area contributed by atoms with E-state index in [2.05, 4.69) is 49.4 Å². The van der Waals surface area contributed by atoms with E-state index in [9.17, 15) is 0 Å². The Morgan fingerprint density at radius 1 is 1.37 bits per heavy atom. The highest BCUT2D eigenvalue weighted by Gasteiger charge is 2.46. The van der Waals surface area contributed by atoms with Crippen molar-refractivity contribution in [2.75, 3.05) is 0 Å². The number of ether oxygens (including phenoxy) is 1. The summed E-state index contributed by atoms with van der Waals surface area (Å²) < 4.78 is 8.21. The summed E-state index contributed by atoms with van der Waals surface area (Å²) in [5, 5.41) is 9.76. The van der Waals surface area contributed by atoms with Crippen molar-refractivity contribution < 1.29 is 4.74 Å². The highest BCUT2D eigenvalue weighted by Crippen LogP contribution is 2.45. The predicted octanol–water partition coefficient (Wildman–Crippen LogP) is 2.19. The van der Waals surface area contributed by atoms with Crippen LogP contribution in [0.3, 0.4) is 0 Å². The van der Waals surface area contributed by atoms with Gasteiger partial charge in [0.1, 0.15) is 5.82 Å². The number of aromatic nitrogens is 3. The molecule has 2 rings (SSSR count). The summed E-state index contributed by atoms with van der Waals surface area (Å²) in [6.07, 6.45) is 1.01. The quantitative estimate of drug-likeness (QED) is 0.918. The normalized spacial score (nSPS) is 24.8. The third-order valence-electron chi connectivity index (χ3n) is 3.53. The third-order valence-corrected chi connectivity index (χ3v) is 5.06. The van der Waals surface area contributed by atoms with Crippen LogP contribution in [-0.2, 0) is 17.8 Å². The summed E-state index contributed by atoms with van der Waals surface area (Å²) in [6, 6.07) is 0. The first-order chi connectivity index (χ1) is 8.79. The maximum absolute atomic E-state index is 6.12. The highest BCUT2D eigenvalue weighted by molar-refractivity contribution is 7.99. The van der Waals surface area contributed by atoms with E-state index in [1.54, 1.807) is 11.8 Å². The van der Waals surface area contributed by atoms with Gasteiger partial charge in [-0.1, -0.05) is 11.8 Å². The van der Waals surface area contributed by atoms with E-state index in [0.717, 1.165) is 23.9 Å². The Bertz CT molecular complexity index is 455. The minimum atomic E-state index is -0.151. The van der Waals surface area contributed by atoms with E-state index in [0.29, 0.717) is 11.8 Å². The fraction of sp³-hybridized carbons (Fsp3) is 0.846. The molecule has 1 saturated heterocycles. The maximum atomic E-state index is 6.12. The fourth-order valence-electron chi connectivity index (χ4n) is 2.70. The minimum Gasteiger partial charge on any atom is -0.368 e. The lowest BCUT2D eigenvalue weighted by Gasteiger charge is -2.26. The first-order valence-electron chi connectivity index (χ1n) is 6.78.